The monoisotopic (exact) mass is 360 g/mol. The number of carbonyl (C=O) groups excluding carboxylic acids is 1. The first-order chi connectivity index (χ1) is 13.2. The van der Waals surface area contributed by atoms with E-state index in [0.717, 1.165) is 34.5 Å². The molecule has 0 spiro atoms. The van der Waals surface area contributed by atoms with E-state index in [2.05, 4.69) is 36.4 Å². The maximum absolute atomic E-state index is 11.3. The number of carbonyl (C=O) groups is 1. The molecule has 0 amide bonds. The van der Waals surface area contributed by atoms with Crippen molar-refractivity contribution in [1.82, 2.24) is 0 Å². The zero-order valence-electron chi connectivity index (χ0n) is 15.7. The van der Waals surface area contributed by atoms with Gasteiger partial charge in [-0.25, -0.2) is 0 Å². The van der Waals surface area contributed by atoms with Gasteiger partial charge in [0.25, 0.3) is 0 Å². The van der Waals surface area contributed by atoms with Gasteiger partial charge in [-0.15, -0.1) is 0 Å². The molecule has 0 aliphatic rings. The quantitative estimate of drug-likeness (QED) is 0.418. The molecule has 0 fully saturated rings. The fraction of sp³-hybridized carbons (Fsp3) is 0.208. The number of aldehydes is 1. The van der Waals surface area contributed by atoms with Crippen LogP contribution in [0.15, 0.2) is 78.9 Å². The van der Waals surface area contributed by atoms with Crippen LogP contribution >= 0.6 is 0 Å². The summed E-state index contributed by atoms with van der Waals surface area (Å²) in [6.07, 6.45) is 2.14. The van der Waals surface area contributed by atoms with Crippen LogP contribution in [0.25, 0.3) is 0 Å². The van der Waals surface area contributed by atoms with E-state index in [1.54, 1.807) is 14.2 Å². The van der Waals surface area contributed by atoms with Gasteiger partial charge < -0.3 is 14.3 Å². The molecular weight excluding hydrogens is 336 g/mol. The second-order valence-electron chi connectivity index (χ2n) is 6.43. The molecule has 3 heteroatoms. The summed E-state index contributed by atoms with van der Waals surface area (Å²) < 4.78 is 10.7. The molecule has 0 atom stereocenters. The Kier molecular flexibility index (Phi) is 5.92. The first kappa shape index (κ1) is 18.7. The van der Waals surface area contributed by atoms with Crippen molar-refractivity contribution in [3.8, 4) is 11.5 Å². The van der Waals surface area contributed by atoms with Crippen LogP contribution in [0.5, 0.6) is 11.5 Å². The van der Waals surface area contributed by atoms with Gasteiger partial charge in [0.2, 0.25) is 0 Å². The first-order valence-electron chi connectivity index (χ1n) is 9.03. The van der Waals surface area contributed by atoms with Gasteiger partial charge in [-0.1, -0.05) is 54.6 Å². The molecule has 0 radical (unpaired) electrons. The minimum Gasteiger partial charge on any atom is -0.497 e. The summed E-state index contributed by atoms with van der Waals surface area (Å²) in [6, 6.07) is 26.6. The van der Waals surface area contributed by atoms with Crippen LogP contribution in [0, 0.1) is 0 Å². The zero-order chi connectivity index (χ0) is 19.1. The summed E-state index contributed by atoms with van der Waals surface area (Å²) >= 11 is 0. The Morgan fingerprint density at radius 1 is 0.704 bits per heavy atom. The Labute approximate surface area is 160 Å². The van der Waals surface area contributed by atoms with Gasteiger partial charge in [-0.3, -0.25) is 0 Å². The van der Waals surface area contributed by atoms with Gasteiger partial charge in [0.1, 0.15) is 17.8 Å². The van der Waals surface area contributed by atoms with Crippen molar-refractivity contribution < 1.29 is 14.3 Å². The Morgan fingerprint density at radius 3 is 1.56 bits per heavy atom. The van der Waals surface area contributed by atoms with Gasteiger partial charge >= 0.3 is 0 Å². The van der Waals surface area contributed by atoms with Gasteiger partial charge in [-0.2, -0.15) is 0 Å². The molecule has 3 aromatic carbocycles. The van der Waals surface area contributed by atoms with Crippen LogP contribution in [-0.2, 0) is 10.2 Å². The molecule has 138 valence electrons. The third kappa shape index (κ3) is 3.72. The normalized spacial score (nSPS) is 11.0. The highest BCUT2D eigenvalue weighted by atomic mass is 16.5. The fourth-order valence-electron chi connectivity index (χ4n) is 3.68. The Bertz CT molecular complexity index is 805. The van der Waals surface area contributed by atoms with Crippen molar-refractivity contribution in [3.63, 3.8) is 0 Å². The van der Waals surface area contributed by atoms with Crippen molar-refractivity contribution >= 4 is 6.29 Å². The standard InChI is InChI=1S/C24H24O3/c1-26-22-13-9-20(10-14-22)24(17-6-18-25,19-7-4-3-5-8-19)21-11-15-23(27-2)16-12-21/h3-5,7-16,18H,6,17H2,1-2H3. The van der Waals surface area contributed by atoms with Gasteiger partial charge in [0, 0.05) is 11.8 Å². The average molecular weight is 360 g/mol. The number of methoxy groups -OCH3 is 2. The highest BCUT2D eigenvalue weighted by molar-refractivity contribution is 5.56. The average Bonchev–Trinajstić information content (AvgIpc) is 2.76. The largest absolute Gasteiger partial charge is 0.497 e. The molecule has 0 saturated heterocycles. The van der Waals surface area contributed by atoms with Crippen LogP contribution < -0.4 is 9.47 Å². The van der Waals surface area contributed by atoms with E-state index in [1.165, 1.54) is 0 Å². The number of rotatable bonds is 8. The SMILES string of the molecule is COc1ccc(C(CCC=O)(c2ccccc2)c2ccc(OC)cc2)cc1. The minimum absolute atomic E-state index is 0.430. The predicted octanol–water partition coefficient (Wildman–Crippen LogP) is 5.02. The highest BCUT2D eigenvalue weighted by Gasteiger charge is 2.35. The van der Waals surface area contributed by atoms with Crippen LogP contribution in [0.4, 0.5) is 0 Å². The predicted molar refractivity (Wildman–Crippen MR) is 108 cm³/mol. The second-order valence-corrected chi connectivity index (χ2v) is 6.43. The van der Waals surface area contributed by atoms with E-state index in [4.69, 9.17) is 9.47 Å². The Morgan fingerprint density at radius 2 is 1.15 bits per heavy atom. The summed E-state index contributed by atoms with van der Waals surface area (Å²) in [4.78, 5) is 11.3. The fourth-order valence-corrected chi connectivity index (χ4v) is 3.68. The summed E-state index contributed by atoms with van der Waals surface area (Å²) in [6.45, 7) is 0. The van der Waals surface area contributed by atoms with Gasteiger partial charge in [0.05, 0.1) is 14.2 Å². The molecule has 27 heavy (non-hydrogen) atoms. The molecule has 0 unspecified atom stereocenters. The third-order valence-corrected chi connectivity index (χ3v) is 5.07. The summed E-state index contributed by atoms with van der Waals surface area (Å²) in [5.74, 6) is 1.62. The number of ether oxygens (including phenoxy) is 2. The van der Waals surface area contributed by atoms with E-state index in [-0.39, 0.29) is 0 Å². The lowest BCUT2D eigenvalue weighted by molar-refractivity contribution is -0.108. The lowest BCUT2D eigenvalue weighted by atomic mass is 9.67. The number of benzene rings is 3. The summed E-state index contributed by atoms with van der Waals surface area (Å²) in [5, 5.41) is 0. The smallest absolute Gasteiger partial charge is 0.120 e. The van der Waals surface area contributed by atoms with E-state index >= 15 is 0 Å². The summed E-state index contributed by atoms with van der Waals surface area (Å²) in [5.41, 5.74) is 2.98. The van der Waals surface area contributed by atoms with Crippen LogP contribution in [0.3, 0.4) is 0 Å². The molecule has 0 heterocycles. The molecular formula is C24H24O3. The maximum atomic E-state index is 11.3. The third-order valence-electron chi connectivity index (χ3n) is 5.07. The van der Waals surface area contributed by atoms with Crippen molar-refractivity contribution in [2.75, 3.05) is 14.2 Å². The lowest BCUT2D eigenvalue weighted by Gasteiger charge is -2.36. The number of hydrogen-bond donors (Lipinski definition) is 0. The van der Waals surface area contributed by atoms with Gasteiger partial charge in [-0.05, 0) is 47.4 Å². The van der Waals surface area contributed by atoms with Gasteiger partial charge in [0.15, 0.2) is 0 Å². The minimum atomic E-state index is -0.430. The molecule has 3 aromatic rings. The van der Waals surface area contributed by atoms with Crippen molar-refractivity contribution in [2.45, 2.75) is 18.3 Å². The van der Waals surface area contributed by atoms with E-state index in [9.17, 15) is 4.79 Å². The topological polar surface area (TPSA) is 35.5 Å². The molecule has 0 aliphatic heterocycles. The Balaban J connectivity index is 2.24. The molecule has 3 nitrogen and oxygen atoms in total. The van der Waals surface area contributed by atoms with Crippen molar-refractivity contribution in [3.05, 3.63) is 95.6 Å². The molecule has 0 bridgehead atoms. The molecule has 0 N–H and O–H groups in total. The molecule has 0 saturated carbocycles. The number of hydrogen-bond acceptors (Lipinski definition) is 3. The first-order valence-corrected chi connectivity index (χ1v) is 9.03. The van der Waals surface area contributed by atoms with E-state index in [1.807, 2.05) is 42.5 Å². The van der Waals surface area contributed by atoms with E-state index in [0.29, 0.717) is 12.8 Å². The molecule has 0 aliphatic carbocycles. The van der Waals surface area contributed by atoms with E-state index < -0.39 is 5.41 Å². The maximum Gasteiger partial charge on any atom is 0.120 e. The van der Waals surface area contributed by atoms with Crippen molar-refractivity contribution in [2.24, 2.45) is 0 Å². The lowest BCUT2D eigenvalue weighted by Crippen LogP contribution is -2.29. The van der Waals surface area contributed by atoms with Crippen LogP contribution in [0.2, 0.25) is 0 Å². The molecule has 3 rings (SSSR count). The second kappa shape index (κ2) is 8.54. The molecule has 0 aromatic heterocycles. The van der Waals surface area contributed by atoms with Crippen LogP contribution in [-0.4, -0.2) is 20.5 Å². The van der Waals surface area contributed by atoms with Crippen molar-refractivity contribution in [1.29, 1.82) is 0 Å². The van der Waals surface area contributed by atoms with Crippen LogP contribution in [0.1, 0.15) is 29.5 Å². The summed E-state index contributed by atoms with van der Waals surface area (Å²) in [7, 11) is 3.32. The Hall–Kier alpha value is -3.07. The zero-order valence-corrected chi connectivity index (χ0v) is 15.7. The highest BCUT2D eigenvalue weighted by Crippen LogP contribution is 2.43.